The number of nitrogens with one attached hydrogen (secondary N) is 2. The van der Waals surface area contributed by atoms with E-state index in [0.29, 0.717) is 30.6 Å². The Kier molecular flexibility index (Phi) is 5.58. The maximum absolute atomic E-state index is 12.4. The van der Waals surface area contributed by atoms with Gasteiger partial charge in [0.15, 0.2) is 5.03 Å². The zero-order valence-corrected chi connectivity index (χ0v) is 13.6. The van der Waals surface area contributed by atoms with Crippen molar-refractivity contribution in [2.75, 3.05) is 18.4 Å². The Hall–Kier alpha value is -1.14. The first-order chi connectivity index (χ1) is 10.0. The van der Waals surface area contributed by atoms with Crippen molar-refractivity contribution in [2.45, 2.75) is 44.6 Å². The van der Waals surface area contributed by atoms with Crippen LogP contribution >= 0.6 is 0 Å². The van der Waals surface area contributed by atoms with Gasteiger partial charge < -0.3 is 5.32 Å². The largest absolute Gasteiger partial charge is 0.383 e. The Labute approximate surface area is 127 Å². The van der Waals surface area contributed by atoms with Crippen LogP contribution in [0.3, 0.4) is 0 Å². The summed E-state index contributed by atoms with van der Waals surface area (Å²) in [5.41, 5.74) is 0.560. The quantitative estimate of drug-likeness (QED) is 0.847. The van der Waals surface area contributed by atoms with Crippen molar-refractivity contribution in [2.24, 2.45) is 11.8 Å². The second-order valence-electron chi connectivity index (χ2n) is 5.88. The van der Waals surface area contributed by atoms with Crippen LogP contribution in [0.1, 0.15) is 39.5 Å². The van der Waals surface area contributed by atoms with Gasteiger partial charge in [-0.25, -0.2) is 18.1 Å². The molecule has 21 heavy (non-hydrogen) atoms. The highest BCUT2D eigenvalue weighted by Gasteiger charge is 2.24. The summed E-state index contributed by atoms with van der Waals surface area (Å²) in [5, 5.41) is 3.14. The second-order valence-corrected chi connectivity index (χ2v) is 7.56. The lowest BCUT2D eigenvalue weighted by atomic mass is 9.83. The standard InChI is InChI=1S/C15H25N3O2S/c1-3-16-14-8-5-9-17-15(14)21(19,20)18-11-13-7-4-6-12(2)10-13/h5,8-9,12-13,16,18H,3-4,6-7,10-11H2,1-2H3. The van der Waals surface area contributed by atoms with E-state index in [1.54, 1.807) is 12.1 Å². The van der Waals surface area contributed by atoms with Gasteiger partial charge in [0.1, 0.15) is 0 Å². The molecule has 1 aliphatic rings. The molecule has 0 aliphatic heterocycles. The van der Waals surface area contributed by atoms with E-state index in [9.17, 15) is 8.42 Å². The third kappa shape index (κ3) is 4.41. The Morgan fingerprint density at radius 1 is 1.38 bits per heavy atom. The Balaban J connectivity index is 2.04. The Morgan fingerprint density at radius 3 is 2.90 bits per heavy atom. The number of anilines is 1. The summed E-state index contributed by atoms with van der Waals surface area (Å²) in [6.45, 7) is 5.34. The second kappa shape index (κ2) is 7.22. The highest BCUT2D eigenvalue weighted by atomic mass is 32.2. The summed E-state index contributed by atoms with van der Waals surface area (Å²) < 4.78 is 27.6. The van der Waals surface area contributed by atoms with Gasteiger partial charge in [-0.3, -0.25) is 0 Å². The topological polar surface area (TPSA) is 71.1 Å². The molecule has 2 rings (SSSR count). The van der Waals surface area contributed by atoms with Crippen LogP contribution in [0.25, 0.3) is 0 Å². The van der Waals surface area contributed by atoms with Crippen LogP contribution in [0.5, 0.6) is 0 Å². The molecule has 2 atom stereocenters. The van der Waals surface area contributed by atoms with E-state index in [4.69, 9.17) is 0 Å². The van der Waals surface area contributed by atoms with Crippen molar-refractivity contribution in [1.82, 2.24) is 9.71 Å². The molecule has 118 valence electrons. The molecule has 0 saturated heterocycles. The normalized spacial score (nSPS) is 23.0. The fraction of sp³-hybridized carbons (Fsp3) is 0.667. The third-order valence-corrected chi connectivity index (χ3v) is 5.38. The van der Waals surface area contributed by atoms with Crippen molar-refractivity contribution in [1.29, 1.82) is 0 Å². The van der Waals surface area contributed by atoms with E-state index in [2.05, 4.69) is 21.9 Å². The first-order valence-corrected chi connectivity index (χ1v) is 9.19. The zero-order chi connectivity index (χ0) is 15.3. The summed E-state index contributed by atoms with van der Waals surface area (Å²) in [5.74, 6) is 1.13. The van der Waals surface area contributed by atoms with Crippen molar-refractivity contribution in [3.8, 4) is 0 Å². The smallest absolute Gasteiger partial charge is 0.260 e. The number of hydrogen-bond donors (Lipinski definition) is 2. The number of nitrogens with zero attached hydrogens (tertiary/aromatic N) is 1. The average Bonchev–Trinajstić information content (AvgIpc) is 2.46. The van der Waals surface area contributed by atoms with E-state index < -0.39 is 10.0 Å². The lowest BCUT2D eigenvalue weighted by Gasteiger charge is -2.26. The Morgan fingerprint density at radius 2 is 2.19 bits per heavy atom. The fourth-order valence-corrected chi connectivity index (χ4v) is 4.19. The van der Waals surface area contributed by atoms with Crippen molar-refractivity contribution >= 4 is 15.7 Å². The van der Waals surface area contributed by atoms with Gasteiger partial charge in [0.2, 0.25) is 0 Å². The van der Waals surface area contributed by atoms with Gasteiger partial charge >= 0.3 is 0 Å². The summed E-state index contributed by atoms with van der Waals surface area (Å²) >= 11 is 0. The summed E-state index contributed by atoms with van der Waals surface area (Å²) in [7, 11) is -3.55. The number of rotatable bonds is 6. The highest BCUT2D eigenvalue weighted by molar-refractivity contribution is 7.89. The minimum absolute atomic E-state index is 0.0932. The van der Waals surface area contributed by atoms with Gasteiger partial charge in [0, 0.05) is 19.3 Å². The molecule has 0 spiro atoms. The van der Waals surface area contributed by atoms with E-state index >= 15 is 0 Å². The van der Waals surface area contributed by atoms with Crippen LogP contribution < -0.4 is 10.0 Å². The maximum atomic E-state index is 12.4. The van der Waals surface area contributed by atoms with E-state index in [1.165, 1.54) is 19.0 Å². The van der Waals surface area contributed by atoms with Gasteiger partial charge in [-0.1, -0.05) is 19.8 Å². The van der Waals surface area contributed by atoms with Gasteiger partial charge in [0.05, 0.1) is 5.69 Å². The lowest BCUT2D eigenvalue weighted by molar-refractivity contribution is 0.283. The van der Waals surface area contributed by atoms with E-state index in [1.807, 2.05) is 6.92 Å². The molecular formula is C15H25N3O2S. The van der Waals surface area contributed by atoms with Crippen LogP contribution in [0.15, 0.2) is 23.4 Å². The predicted octanol–water partition coefficient (Wildman–Crippen LogP) is 2.62. The molecule has 2 unspecified atom stereocenters. The molecule has 0 aromatic carbocycles. The monoisotopic (exact) mass is 311 g/mol. The first kappa shape index (κ1) is 16.2. The van der Waals surface area contributed by atoms with E-state index in [0.717, 1.165) is 12.8 Å². The minimum atomic E-state index is -3.55. The fourth-order valence-electron chi connectivity index (χ4n) is 2.97. The SMILES string of the molecule is CCNc1cccnc1S(=O)(=O)NCC1CCCC(C)C1. The Bertz CT molecular complexity index is 560. The molecule has 1 saturated carbocycles. The van der Waals surface area contributed by atoms with Gasteiger partial charge in [-0.05, 0) is 43.7 Å². The lowest BCUT2D eigenvalue weighted by Crippen LogP contribution is -2.32. The first-order valence-electron chi connectivity index (χ1n) is 7.71. The number of sulfonamides is 1. The van der Waals surface area contributed by atoms with Gasteiger partial charge in [-0.2, -0.15) is 0 Å². The third-order valence-electron chi connectivity index (χ3n) is 4.00. The van der Waals surface area contributed by atoms with Crippen molar-refractivity contribution in [3.05, 3.63) is 18.3 Å². The van der Waals surface area contributed by atoms with Gasteiger partial charge in [-0.15, -0.1) is 0 Å². The maximum Gasteiger partial charge on any atom is 0.260 e. The number of aromatic nitrogens is 1. The molecule has 6 heteroatoms. The van der Waals surface area contributed by atoms with Crippen molar-refractivity contribution < 1.29 is 8.42 Å². The summed E-state index contributed by atoms with van der Waals surface area (Å²) in [6, 6.07) is 3.48. The molecule has 1 aromatic rings. The molecule has 5 nitrogen and oxygen atoms in total. The van der Waals surface area contributed by atoms with E-state index in [-0.39, 0.29) is 5.03 Å². The molecular weight excluding hydrogens is 286 g/mol. The molecule has 1 aliphatic carbocycles. The molecule has 0 amide bonds. The number of pyridine rings is 1. The average molecular weight is 311 g/mol. The van der Waals surface area contributed by atoms with Crippen LogP contribution in [0.2, 0.25) is 0 Å². The minimum Gasteiger partial charge on any atom is -0.383 e. The van der Waals surface area contributed by atoms with Crippen molar-refractivity contribution in [3.63, 3.8) is 0 Å². The van der Waals surface area contributed by atoms with Crippen LogP contribution in [-0.4, -0.2) is 26.5 Å². The summed E-state index contributed by atoms with van der Waals surface area (Å²) in [4.78, 5) is 4.03. The van der Waals surface area contributed by atoms with Crippen LogP contribution in [0.4, 0.5) is 5.69 Å². The van der Waals surface area contributed by atoms with Crippen LogP contribution in [0, 0.1) is 11.8 Å². The molecule has 0 radical (unpaired) electrons. The van der Waals surface area contributed by atoms with Crippen LogP contribution in [-0.2, 0) is 10.0 Å². The molecule has 1 fully saturated rings. The zero-order valence-electron chi connectivity index (χ0n) is 12.8. The molecule has 1 aromatic heterocycles. The molecule has 2 N–H and O–H groups in total. The predicted molar refractivity (Wildman–Crippen MR) is 84.7 cm³/mol. The van der Waals surface area contributed by atoms with Gasteiger partial charge in [0.25, 0.3) is 10.0 Å². The highest BCUT2D eigenvalue weighted by Crippen LogP contribution is 2.28. The molecule has 0 bridgehead atoms. The molecule has 1 heterocycles. The number of hydrogen-bond acceptors (Lipinski definition) is 4. The summed E-state index contributed by atoms with van der Waals surface area (Å²) in [6.07, 6.45) is 6.17.